The highest BCUT2D eigenvalue weighted by atomic mass is 32.2. The number of aromatic nitrogens is 2. The molecule has 0 unspecified atom stereocenters. The number of carbonyl (C=O) groups is 1. The molecule has 1 aromatic carbocycles. The Hall–Kier alpha value is -3.35. The summed E-state index contributed by atoms with van der Waals surface area (Å²) in [5, 5.41) is 11.4. The summed E-state index contributed by atoms with van der Waals surface area (Å²) in [4.78, 5) is 21.9. The van der Waals surface area contributed by atoms with E-state index in [4.69, 9.17) is 14.9 Å². The SMILES string of the molecule is CCOC(=O)c1sc(N)c(C#N)c1CSc1nc(-c2ccco2)nc2ccccc12. The highest BCUT2D eigenvalue weighted by Gasteiger charge is 2.23. The number of nitrogens with two attached hydrogens (primary N) is 1. The van der Waals surface area contributed by atoms with Gasteiger partial charge in [0.15, 0.2) is 11.6 Å². The lowest BCUT2D eigenvalue weighted by molar-refractivity contribution is 0.0531. The molecule has 4 rings (SSSR count). The van der Waals surface area contributed by atoms with Crippen molar-refractivity contribution in [2.75, 3.05) is 12.3 Å². The number of hydrogen-bond acceptors (Lipinski definition) is 9. The van der Waals surface area contributed by atoms with Crippen LogP contribution in [-0.4, -0.2) is 22.5 Å². The fraction of sp³-hybridized carbons (Fsp3) is 0.143. The van der Waals surface area contributed by atoms with Crippen molar-refractivity contribution in [3.8, 4) is 17.7 Å². The first-order chi connectivity index (χ1) is 14.6. The molecule has 0 radical (unpaired) electrons. The van der Waals surface area contributed by atoms with Crippen molar-refractivity contribution in [2.24, 2.45) is 0 Å². The number of hydrogen-bond donors (Lipinski definition) is 1. The summed E-state index contributed by atoms with van der Waals surface area (Å²) >= 11 is 2.48. The molecule has 30 heavy (non-hydrogen) atoms. The van der Waals surface area contributed by atoms with E-state index in [0.29, 0.717) is 38.3 Å². The van der Waals surface area contributed by atoms with E-state index in [0.717, 1.165) is 27.3 Å². The van der Waals surface area contributed by atoms with Crippen molar-refractivity contribution in [1.82, 2.24) is 9.97 Å². The Labute approximate surface area is 180 Å². The summed E-state index contributed by atoms with van der Waals surface area (Å²) in [5.41, 5.74) is 7.62. The average molecular weight is 437 g/mol. The summed E-state index contributed by atoms with van der Waals surface area (Å²) < 4.78 is 10.6. The molecule has 7 nitrogen and oxygen atoms in total. The van der Waals surface area contributed by atoms with E-state index in [1.165, 1.54) is 11.8 Å². The minimum absolute atomic E-state index is 0.244. The van der Waals surface area contributed by atoms with Gasteiger partial charge in [-0.25, -0.2) is 14.8 Å². The highest BCUT2D eigenvalue weighted by molar-refractivity contribution is 7.98. The Balaban J connectivity index is 1.74. The van der Waals surface area contributed by atoms with Gasteiger partial charge in [0.2, 0.25) is 0 Å². The van der Waals surface area contributed by atoms with Crippen LogP contribution in [0.3, 0.4) is 0 Å². The third-order valence-corrected chi connectivity index (χ3v) is 6.33. The molecule has 9 heteroatoms. The first-order valence-corrected chi connectivity index (χ1v) is 10.8. The van der Waals surface area contributed by atoms with Crippen LogP contribution in [0.15, 0.2) is 52.1 Å². The van der Waals surface area contributed by atoms with Crippen molar-refractivity contribution >= 4 is 45.0 Å². The second kappa shape index (κ2) is 8.57. The molecule has 0 aliphatic rings. The number of rotatable bonds is 6. The van der Waals surface area contributed by atoms with Gasteiger partial charge in [-0.3, -0.25) is 0 Å². The van der Waals surface area contributed by atoms with Crippen molar-refractivity contribution in [1.29, 1.82) is 5.26 Å². The largest absolute Gasteiger partial charge is 0.462 e. The lowest BCUT2D eigenvalue weighted by atomic mass is 10.2. The average Bonchev–Trinajstić information content (AvgIpc) is 3.40. The summed E-state index contributed by atoms with van der Waals surface area (Å²) in [6, 6.07) is 13.3. The van der Waals surface area contributed by atoms with Gasteiger partial charge in [-0.2, -0.15) is 5.26 Å². The Morgan fingerprint density at radius 1 is 1.30 bits per heavy atom. The lowest BCUT2D eigenvalue weighted by Crippen LogP contribution is -2.05. The summed E-state index contributed by atoms with van der Waals surface area (Å²) in [5.74, 6) is 0.892. The fourth-order valence-electron chi connectivity index (χ4n) is 2.92. The first kappa shape index (κ1) is 19.9. The van der Waals surface area contributed by atoms with Crippen molar-refractivity contribution in [3.05, 3.63) is 58.7 Å². The number of nitrogen functional groups attached to an aromatic ring is 1. The number of thioether (sulfide) groups is 1. The Morgan fingerprint density at radius 2 is 2.13 bits per heavy atom. The monoisotopic (exact) mass is 436 g/mol. The van der Waals surface area contributed by atoms with E-state index >= 15 is 0 Å². The summed E-state index contributed by atoms with van der Waals surface area (Å²) in [7, 11) is 0. The van der Waals surface area contributed by atoms with Crippen LogP contribution in [0.1, 0.15) is 27.7 Å². The number of furan rings is 1. The third-order valence-electron chi connectivity index (χ3n) is 4.27. The van der Waals surface area contributed by atoms with Gasteiger partial charge >= 0.3 is 5.97 Å². The van der Waals surface area contributed by atoms with Gasteiger partial charge in [-0.05, 0) is 25.1 Å². The van der Waals surface area contributed by atoms with Crippen molar-refractivity contribution in [3.63, 3.8) is 0 Å². The molecule has 0 aliphatic carbocycles. The fourth-order valence-corrected chi connectivity index (χ4v) is 4.99. The molecule has 2 N–H and O–H groups in total. The maximum Gasteiger partial charge on any atom is 0.348 e. The number of anilines is 1. The quantitative estimate of drug-likeness (QED) is 0.258. The molecule has 0 saturated heterocycles. The minimum Gasteiger partial charge on any atom is -0.462 e. The van der Waals surface area contributed by atoms with Crippen LogP contribution < -0.4 is 5.73 Å². The van der Waals surface area contributed by atoms with Crippen LogP contribution in [0.4, 0.5) is 5.00 Å². The molecule has 0 fully saturated rings. The molecule has 0 aliphatic heterocycles. The van der Waals surface area contributed by atoms with Crippen molar-refractivity contribution in [2.45, 2.75) is 17.7 Å². The Bertz CT molecular complexity index is 1260. The second-order valence-corrected chi connectivity index (χ2v) is 8.13. The predicted octanol–water partition coefficient (Wildman–Crippen LogP) is 4.87. The number of fused-ring (bicyclic) bond motifs is 1. The molecule has 150 valence electrons. The predicted molar refractivity (Wildman–Crippen MR) is 116 cm³/mol. The van der Waals surface area contributed by atoms with E-state index < -0.39 is 5.97 Å². The Morgan fingerprint density at radius 3 is 2.87 bits per heavy atom. The zero-order chi connectivity index (χ0) is 21.1. The lowest BCUT2D eigenvalue weighted by Gasteiger charge is -2.08. The number of carbonyl (C=O) groups excluding carboxylic acids is 1. The topological polar surface area (TPSA) is 115 Å². The van der Waals surface area contributed by atoms with Crippen LogP contribution in [0.5, 0.6) is 0 Å². The normalized spacial score (nSPS) is 10.8. The number of nitriles is 1. The molecule has 0 saturated carbocycles. The van der Waals surface area contributed by atoms with Crippen LogP contribution >= 0.6 is 23.1 Å². The number of benzene rings is 1. The number of ether oxygens (including phenoxy) is 1. The maximum atomic E-state index is 12.4. The van der Waals surface area contributed by atoms with Gasteiger partial charge in [0.25, 0.3) is 0 Å². The molecule has 3 heterocycles. The maximum absolute atomic E-state index is 12.4. The standard InChI is InChI=1S/C21H16N4O3S2/c1-2-27-21(26)17-14(13(10-22)18(23)30-17)11-29-20-12-6-3-4-7-15(12)24-19(25-20)16-8-5-9-28-16/h3-9H,2,11,23H2,1H3. The van der Waals surface area contributed by atoms with Gasteiger partial charge in [0, 0.05) is 16.7 Å². The number of thiophene rings is 1. The molecular formula is C21H16N4O3S2. The number of para-hydroxylation sites is 1. The zero-order valence-electron chi connectivity index (χ0n) is 15.9. The molecular weight excluding hydrogens is 420 g/mol. The van der Waals surface area contributed by atoms with Crippen LogP contribution in [0.2, 0.25) is 0 Å². The van der Waals surface area contributed by atoms with E-state index in [-0.39, 0.29) is 6.61 Å². The summed E-state index contributed by atoms with van der Waals surface area (Å²) in [6.45, 7) is 1.98. The summed E-state index contributed by atoms with van der Waals surface area (Å²) in [6.07, 6.45) is 1.57. The molecule has 0 atom stereocenters. The minimum atomic E-state index is -0.477. The number of nitrogens with zero attached hydrogens (tertiary/aromatic N) is 3. The highest BCUT2D eigenvalue weighted by Crippen LogP contribution is 2.37. The molecule has 4 aromatic rings. The third kappa shape index (κ3) is 3.75. The smallest absolute Gasteiger partial charge is 0.348 e. The van der Waals surface area contributed by atoms with E-state index in [9.17, 15) is 10.1 Å². The van der Waals surface area contributed by atoms with E-state index in [2.05, 4.69) is 16.0 Å². The van der Waals surface area contributed by atoms with Crippen LogP contribution in [0, 0.1) is 11.3 Å². The van der Waals surface area contributed by atoms with E-state index in [1.807, 2.05) is 24.3 Å². The molecule has 0 spiro atoms. The van der Waals surface area contributed by atoms with Gasteiger partial charge in [-0.1, -0.05) is 18.2 Å². The molecule has 3 aromatic heterocycles. The molecule has 0 bridgehead atoms. The zero-order valence-corrected chi connectivity index (χ0v) is 17.5. The van der Waals surface area contributed by atoms with Gasteiger partial charge in [0.05, 0.1) is 24.0 Å². The van der Waals surface area contributed by atoms with Crippen molar-refractivity contribution < 1.29 is 13.9 Å². The number of esters is 1. The first-order valence-electron chi connectivity index (χ1n) is 9.04. The van der Waals surface area contributed by atoms with Gasteiger partial charge in [0.1, 0.15) is 21.0 Å². The van der Waals surface area contributed by atoms with Crippen LogP contribution in [-0.2, 0) is 10.5 Å². The van der Waals surface area contributed by atoms with Crippen LogP contribution in [0.25, 0.3) is 22.5 Å². The molecule has 0 amide bonds. The second-order valence-electron chi connectivity index (χ2n) is 6.12. The van der Waals surface area contributed by atoms with Gasteiger partial charge < -0.3 is 14.9 Å². The Kier molecular flexibility index (Phi) is 5.70. The van der Waals surface area contributed by atoms with Gasteiger partial charge in [-0.15, -0.1) is 23.1 Å². The van der Waals surface area contributed by atoms with E-state index in [1.54, 1.807) is 25.3 Å².